The third kappa shape index (κ3) is 2.06. The van der Waals surface area contributed by atoms with Gasteiger partial charge in [0.05, 0.1) is 17.5 Å². The molecule has 0 saturated carbocycles. The highest BCUT2D eigenvalue weighted by Crippen LogP contribution is 2.17. The van der Waals surface area contributed by atoms with E-state index in [1.807, 2.05) is 0 Å². The largest absolute Gasteiger partial charge is 0.462 e. The Morgan fingerprint density at radius 1 is 1.53 bits per heavy atom. The van der Waals surface area contributed by atoms with Crippen LogP contribution >= 0.6 is 0 Å². The number of nitrogens with one attached hydrogen (secondary N) is 1. The first-order valence-electron chi connectivity index (χ1n) is 5.51. The maximum absolute atomic E-state index is 13.5. The van der Waals surface area contributed by atoms with Crippen LogP contribution < -0.4 is 5.43 Å². The van der Waals surface area contributed by atoms with Crippen LogP contribution in [0.4, 0.5) is 4.39 Å². The van der Waals surface area contributed by atoms with Crippen molar-refractivity contribution in [2.75, 3.05) is 6.61 Å². The van der Waals surface area contributed by atoms with Crippen LogP contribution in [0.3, 0.4) is 0 Å². The standard InChI is InChI=1S/C13H9FN2O3/c1-2-19-13(18)8-6-16-10-4-3-9(14)7(5-15)11(10)12(8)17/h3-4,6H,2H2,1H3,(H,16,17). The van der Waals surface area contributed by atoms with E-state index in [4.69, 9.17) is 10.00 Å². The molecule has 0 aliphatic rings. The number of pyridine rings is 1. The molecular formula is C13H9FN2O3. The van der Waals surface area contributed by atoms with E-state index in [1.165, 1.54) is 12.3 Å². The SMILES string of the molecule is CCOC(=O)c1c[nH]c2ccc(F)c(C#N)c2c1=O. The van der Waals surface area contributed by atoms with Gasteiger partial charge in [-0.3, -0.25) is 4.79 Å². The van der Waals surface area contributed by atoms with Gasteiger partial charge in [0.2, 0.25) is 5.43 Å². The fraction of sp³-hybridized carbons (Fsp3) is 0.154. The van der Waals surface area contributed by atoms with E-state index in [9.17, 15) is 14.0 Å². The fourth-order valence-electron chi connectivity index (χ4n) is 1.75. The Morgan fingerprint density at radius 2 is 2.26 bits per heavy atom. The van der Waals surface area contributed by atoms with Crippen molar-refractivity contribution in [1.29, 1.82) is 5.26 Å². The monoisotopic (exact) mass is 260 g/mol. The third-order valence-corrected chi connectivity index (χ3v) is 2.61. The van der Waals surface area contributed by atoms with Crippen LogP contribution in [0.15, 0.2) is 23.1 Å². The number of nitrogens with zero attached hydrogens (tertiary/aromatic N) is 1. The van der Waals surface area contributed by atoms with Gasteiger partial charge in [0.1, 0.15) is 23.0 Å². The molecule has 96 valence electrons. The zero-order chi connectivity index (χ0) is 14.0. The van der Waals surface area contributed by atoms with Gasteiger partial charge in [0, 0.05) is 6.20 Å². The second-order valence-electron chi connectivity index (χ2n) is 3.71. The minimum absolute atomic E-state index is 0.116. The molecule has 1 N–H and O–H groups in total. The first-order valence-corrected chi connectivity index (χ1v) is 5.51. The number of aromatic nitrogens is 1. The van der Waals surface area contributed by atoms with E-state index in [0.717, 1.165) is 6.07 Å². The summed E-state index contributed by atoms with van der Waals surface area (Å²) in [5.74, 6) is -1.61. The van der Waals surface area contributed by atoms with Crippen molar-refractivity contribution in [1.82, 2.24) is 4.98 Å². The lowest BCUT2D eigenvalue weighted by molar-refractivity contribution is 0.0524. The van der Waals surface area contributed by atoms with Crippen LogP contribution in [-0.2, 0) is 4.74 Å². The summed E-state index contributed by atoms with van der Waals surface area (Å²) in [4.78, 5) is 26.4. The number of halogens is 1. The zero-order valence-electron chi connectivity index (χ0n) is 9.99. The van der Waals surface area contributed by atoms with Gasteiger partial charge in [-0.1, -0.05) is 0 Å². The summed E-state index contributed by atoms with van der Waals surface area (Å²) in [6.07, 6.45) is 1.20. The lowest BCUT2D eigenvalue weighted by Crippen LogP contribution is -2.19. The predicted octanol–water partition coefficient (Wildman–Crippen LogP) is 1.72. The fourth-order valence-corrected chi connectivity index (χ4v) is 1.75. The number of carbonyl (C=O) groups is 1. The van der Waals surface area contributed by atoms with Gasteiger partial charge in [0.15, 0.2) is 0 Å². The molecule has 0 spiro atoms. The van der Waals surface area contributed by atoms with Gasteiger partial charge < -0.3 is 9.72 Å². The highest BCUT2D eigenvalue weighted by molar-refractivity contribution is 5.95. The average Bonchev–Trinajstić information content (AvgIpc) is 2.39. The van der Waals surface area contributed by atoms with E-state index in [0.29, 0.717) is 0 Å². The number of hydrogen-bond acceptors (Lipinski definition) is 4. The molecule has 6 heteroatoms. The molecule has 0 saturated heterocycles. The van der Waals surface area contributed by atoms with Crippen LogP contribution in [0.25, 0.3) is 10.9 Å². The van der Waals surface area contributed by atoms with Gasteiger partial charge in [-0.15, -0.1) is 0 Å². The summed E-state index contributed by atoms with van der Waals surface area (Å²) in [5.41, 5.74) is -1.07. The predicted molar refractivity (Wildman–Crippen MR) is 65.2 cm³/mol. The lowest BCUT2D eigenvalue weighted by Gasteiger charge is -2.04. The minimum Gasteiger partial charge on any atom is -0.462 e. The topological polar surface area (TPSA) is 82.9 Å². The summed E-state index contributed by atoms with van der Waals surface area (Å²) in [7, 11) is 0. The number of rotatable bonds is 2. The summed E-state index contributed by atoms with van der Waals surface area (Å²) in [6.45, 7) is 1.72. The van der Waals surface area contributed by atoms with Crippen LogP contribution in [0.1, 0.15) is 22.8 Å². The third-order valence-electron chi connectivity index (χ3n) is 2.61. The van der Waals surface area contributed by atoms with E-state index < -0.39 is 17.2 Å². The van der Waals surface area contributed by atoms with Crippen molar-refractivity contribution in [3.05, 3.63) is 45.5 Å². The summed E-state index contributed by atoms with van der Waals surface area (Å²) >= 11 is 0. The average molecular weight is 260 g/mol. The molecule has 0 fully saturated rings. The first kappa shape index (κ1) is 12.8. The van der Waals surface area contributed by atoms with Crippen molar-refractivity contribution in [2.45, 2.75) is 6.92 Å². The summed E-state index contributed by atoms with van der Waals surface area (Å²) in [6, 6.07) is 4.05. The Labute approximate surface area is 107 Å². The molecule has 2 rings (SSSR count). The molecule has 2 aromatic rings. The maximum atomic E-state index is 13.5. The number of hydrogen-bond donors (Lipinski definition) is 1. The second kappa shape index (κ2) is 4.90. The van der Waals surface area contributed by atoms with Gasteiger partial charge in [0.25, 0.3) is 0 Å². The first-order chi connectivity index (χ1) is 9.10. The van der Waals surface area contributed by atoms with Gasteiger partial charge in [-0.25, -0.2) is 9.18 Å². The Bertz CT molecular complexity index is 759. The molecule has 1 aromatic heterocycles. The molecule has 0 unspecified atom stereocenters. The van der Waals surface area contributed by atoms with Gasteiger partial charge in [-0.2, -0.15) is 5.26 Å². The molecule has 5 nitrogen and oxygen atoms in total. The van der Waals surface area contributed by atoms with E-state index >= 15 is 0 Å². The smallest absolute Gasteiger partial charge is 0.343 e. The van der Waals surface area contributed by atoms with Crippen LogP contribution in [0, 0.1) is 17.1 Å². The Kier molecular flexibility index (Phi) is 3.29. The van der Waals surface area contributed by atoms with Gasteiger partial charge >= 0.3 is 5.97 Å². The minimum atomic E-state index is -0.807. The molecule has 0 bridgehead atoms. The number of H-pyrrole nitrogens is 1. The number of aromatic amines is 1. The van der Waals surface area contributed by atoms with Crippen LogP contribution in [-0.4, -0.2) is 17.6 Å². The quantitative estimate of drug-likeness (QED) is 0.833. The molecular weight excluding hydrogens is 251 g/mol. The molecule has 19 heavy (non-hydrogen) atoms. The molecule has 0 radical (unpaired) electrons. The Hall–Kier alpha value is -2.68. The highest BCUT2D eigenvalue weighted by atomic mass is 19.1. The van der Waals surface area contributed by atoms with Crippen molar-refractivity contribution in [3.63, 3.8) is 0 Å². The Morgan fingerprint density at radius 3 is 2.89 bits per heavy atom. The van der Waals surface area contributed by atoms with Crippen molar-refractivity contribution in [3.8, 4) is 6.07 Å². The van der Waals surface area contributed by atoms with Gasteiger partial charge in [-0.05, 0) is 19.1 Å². The van der Waals surface area contributed by atoms with Crippen molar-refractivity contribution in [2.24, 2.45) is 0 Å². The second-order valence-corrected chi connectivity index (χ2v) is 3.71. The number of fused-ring (bicyclic) bond motifs is 1. The van der Waals surface area contributed by atoms with Crippen molar-refractivity contribution < 1.29 is 13.9 Å². The van der Waals surface area contributed by atoms with Crippen molar-refractivity contribution >= 4 is 16.9 Å². The maximum Gasteiger partial charge on any atom is 0.343 e. The van der Waals surface area contributed by atoms with E-state index in [-0.39, 0.29) is 28.6 Å². The number of benzene rings is 1. The van der Waals surface area contributed by atoms with E-state index in [1.54, 1.807) is 13.0 Å². The normalized spacial score (nSPS) is 10.2. The lowest BCUT2D eigenvalue weighted by atomic mass is 10.1. The van der Waals surface area contributed by atoms with E-state index in [2.05, 4.69) is 4.98 Å². The Balaban J connectivity index is 2.81. The number of carbonyl (C=O) groups excluding carboxylic acids is 1. The molecule has 0 amide bonds. The van der Waals surface area contributed by atoms with Crippen LogP contribution in [0.2, 0.25) is 0 Å². The summed E-state index contributed by atoms with van der Waals surface area (Å²) < 4.78 is 18.2. The molecule has 0 atom stereocenters. The number of ether oxygens (including phenoxy) is 1. The molecule has 0 aliphatic heterocycles. The molecule has 0 aliphatic carbocycles. The van der Waals surface area contributed by atoms with Crippen LogP contribution in [0.5, 0.6) is 0 Å². The molecule has 1 aromatic carbocycles. The number of esters is 1. The summed E-state index contributed by atoms with van der Waals surface area (Å²) in [5, 5.41) is 8.77. The molecule has 1 heterocycles. The zero-order valence-corrected chi connectivity index (χ0v) is 9.99. The highest BCUT2D eigenvalue weighted by Gasteiger charge is 2.17. The number of nitriles is 1.